The van der Waals surface area contributed by atoms with Crippen molar-refractivity contribution in [3.8, 4) is 0 Å². The van der Waals surface area contributed by atoms with Crippen molar-refractivity contribution in [1.82, 2.24) is 10.3 Å². The van der Waals surface area contributed by atoms with Crippen LogP contribution in [0.1, 0.15) is 25.7 Å². The Bertz CT molecular complexity index is 696. The number of nitrogens with one attached hydrogen (secondary N) is 1. The summed E-state index contributed by atoms with van der Waals surface area (Å²) in [4.78, 5) is 19.3. The summed E-state index contributed by atoms with van der Waals surface area (Å²) in [5.74, 6) is 1.32. The van der Waals surface area contributed by atoms with E-state index < -0.39 is 0 Å². The van der Waals surface area contributed by atoms with E-state index >= 15 is 0 Å². The number of anilines is 1. The topological polar surface area (TPSA) is 45.2 Å². The van der Waals surface area contributed by atoms with Crippen LogP contribution in [-0.2, 0) is 4.79 Å². The number of carbonyl (C=O) groups is 1. The minimum Gasteiger partial charge on any atom is -0.356 e. The minimum atomic E-state index is 0.0996. The molecule has 4 nitrogen and oxygen atoms in total. The molecule has 1 aromatic carbocycles. The Balaban J connectivity index is 1.51. The molecular weight excluding hydrogens is 274 g/mol. The van der Waals surface area contributed by atoms with Gasteiger partial charge in [0.15, 0.2) is 0 Å². The van der Waals surface area contributed by atoms with E-state index in [0.29, 0.717) is 6.04 Å². The molecule has 22 heavy (non-hydrogen) atoms. The maximum Gasteiger partial charge on any atom is 0.225 e. The van der Waals surface area contributed by atoms with Gasteiger partial charge in [-0.2, -0.15) is 0 Å². The third kappa shape index (κ3) is 2.78. The van der Waals surface area contributed by atoms with Crippen molar-refractivity contribution in [2.24, 2.45) is 5.92 Å². The lowest BCUT2D eigenvalue weighted by molar-refractivity contribution is -0.125. The molecule has 0 radical (unpaired) electrons. The largest absolute Gasteiger partial charge is 0.356 e. The smallest absolute Gasteiger partial charge is 0.225 e. The average Bonchev–Trinajstić information content (AvgIpc) is 3.38. The van der Waals surface area contributed by atoms with E-state index in [9.17, 15) is 4.79 Å². The van der Waals surface area contributed by atoms with Crippen molar-refractivity contribution < 1.29 is 4.79 Å². The Labute approximate surface area is 130 Å². The van der Waals surface area contributed by atoms with Gasteiger partial charge in [-0.05, 0) is 43.9 Å². The van der Waals surface area contributed by atoms with Gasteiger partial charge in [0.05, 0.1) is 11.4 Å². The quantitative estimate of drug-likeness (QED) is 0.947. The molecule has 1 aromatic heterocycles. The third-order valence-electron chi connectivity index (χ3n) is 4.62. The Morgan fingerprint density at radius 1 is 1.14 bits per heavy atom. The number of pyridine rings is 1. The fourth-order valence-electron chi connectivity index (χ4n) is 3.18. The SMILES string of the molecule is O=C(NC1CC1)C1CCCN(c2ccc3ccccc3n2)C1. The van der Waals surface area contributed by atoms with Gasteiger partial charge in [0.1, 0.15) is 5.82 Å². The van der Waals surface area contributed by atoms with E-state index in [2.05, 4.69) is 28.4 Å². The number of piperidine rings is 1. The molecule has 1 saturated heterocycles. The van der Waals surface area contributed by atoms with Gasteiger partial charge in [-0.3, -0.25) is 4.79 Å². The molecular formula is C18H21N3O. The summed E-state index contributed by atoms with van der Waals surface area (Å²) in [6.45, 7) is 1.77. The predicted octanol–water partition coefficient (Wildman–Crippen LogP) is 2.73. The second-order valence-corrected chi connectivity index (χ2v) is 6.43. The summed E-state index contributed by atoms with van der Waals surface area (Å²) in [6.07, 6.45) is 4.34. The van der Waals surface area contributed by atoms with Crippen LogP contribution in [0.4, 0.5) is 5.82 Å². The van der Waals surface area contributed by atoms with Crippen LogP contribution in [0.2, 0.25) is 0 Å². The van der Waals surface area contributed by atoms with Crippen molar-refractivity contribution >= 4 is 22.6 Å². The predicted molar refractivity (Wildman–Crippen MR) is 87.8 cm³/mol. The van der Waals surface area contributed by atoms with Crippen LogP contribution in [0.25, 0.3) is 10.9 Å². The highest BCUT2D eigenvalue weighted by Gasteiger charge is 2.30. The van der Waals surface area contributed by atoms with E-state index in [1.54, 1.807) is 0 Å². The normalized spacial score (nSPS) is 21.8. The van der Waals surface area contributed by atoms with E-state index in [1.807, 2.05) is 18.2 Å². The molecule has 2 fully saturated rings. The molecule has 2 aliphatic rings. The van der Waals surface area contributed by atoms with Crippen molar-refractivity contribution in [2.75, 3.05) is 18.0 Å². The van der Waals surface area contributed by atoms with Gasteiger partial charge in [0.25, 0.3) is 0 Å². The Morgan fingerprint density at radius 2 is 2.00 bits per heavy atom. The minimum absolute atomic E-state index is 0.0996. The van der Waals surface area contributed by atoms with E-state index in [-0.39, 0.29) is 11.8 Å². The van der Waals surface area contributed by atoms with E-state index in [1.165, 1.54) is 0 Å². The summed E-state index contributed by atoms with van der Waals surface area (Å²) >= 11 is 0. The van der Waals surface area contributed by atoms with Crippen molar-refractivity contribution in [1.29, 1.82) is 0 Å². The zero-order valence-corrected chi connectivity index (χ0v) is 12.7. The molecule has 0 bridgehead atoms. The molecule has 114 valence electrons. The molecule has 0 spiro atoms. The molecule has 1 amide bonds. The fourth-order valence-corrected chi connectivity index (χ4v) is 3.18. The number of rotatable bonds is 3. The second-order valence-electron chi connectivity index (χ2n) is 6.43. The summed E-state index contributed by atoms with van der Waals surface area (Å²) in [5.41, 5.74) is 1.02. The number of amides is 1. The third-order valence-corrected chi connectivity index (χ3v) is 4.62. The molecule has 1 aliphatic heterocycles. The number of aromatic nitrogens is 1. The Kier molecular flexibility index (Phi) is 3.45. The van der Waals surface area contributed by atoms with E-state index in [0.717, 1.165) is 55.5 Å². The lowest BCUT2D eigenvalue weighted by Gasteiger charge is -2.33. The van der Waals surface area contributed by atoms with Crippen LogP contribution in [0.3, 0.4) is 0 Å². The number of hydrogen-bond donors (Lipinski definition) is 1. The molecule has 4 heteroatoms. The Hall–Kier alpha value is -2.10. The van der Waals surface area contributed by atoms with Crippen molar-refractivity contribution in [3.05, 3.63) is 36.4 Å². The number of nitrogens with zero attached hydrogens (tertiary/aromatic N) is 2. The molecule has 1 unspecified atom stereocenters. The fraction of sp³-hybridized carbons (Fsp3) is 0.444. The number of fused-ring (bicyclic) bond motifs is 1. The van der Waals surface area contributed by atoms with Crippen LogP contribution in [0.5, 0.6) is 0 Å². The summed E-state index contributed by atoms with van der Waals surface area (Å²) < 4.78 is 0. The molecule has 2 heterocycles. The number of hydrogen-bond acceptors (Lipinski definition) is 3. The first-order valence-electron chi connectivity index (χ1n) is 8.21. The van der Waals surface area contributed by atoms with Gasteiger partial charge in [0.2, 0.25) is 5.91 Å². The molecule has 2 aromatic rings. The van der Waals surface area contributed by atoms with Crippen LogP contribution in [0.15, 0.2) is 36.4 Å². The number of carbonyl (C=O) groups excluding carboxylic acids is 1. The molecule has 4 rings (SSSR count). The zero-order valence-electron chi connectivity index (χ0n) is 12.7. The second kappa shape index (κ2) is 5.59. The molecule has 1 N–H and O–H groups in total. The zero-order chi connectivity index (χ0) is 14.9. The first-order valence-corrected chi connectivity index (χ1v) is 8.21. The van der Waals surface area contributed by atoms with Crippen molar-refractivity contribution in [3.63, 3.8) is 0 Å². The maximum atomic E-state index is 12.3. The standard InChI is InChI=1S/C18H21N3O/c22-18(19-15-8-9-15)14-5-3-11-21(12-14)17-10-7-13-4-1-2-6-16(13)20-17/h1-2,4,6-7,10,14-15H,3,5,8-9,11-12H2,(H,19,22). The van der Waals surface area contributed by atoms with Gasteiger partial charge in [-0.1, -0.05) is 18.2 Å². The number of para-hydroxylation sites is 1. The van der Waals surface area contributed by atoms with Crippen LogP contribution < -0.4 is 10.2 Å². The van der Waals surface area contributed by atoms with Gasteiger partial charge in [0, 0.05) is 24.5 Å². The highest BCUT2D eigenvalue weighted by molar-refractivity contribution is 5.81. The monoisotopic (exact) mass is 295 g/mol. The number of benzene rings is 1. The van der Waals surface area contributed by atoms with Gasteiger partial charge < -0.3 is 10.2 Å². The van der Waals surface area contributed by atoms with E-state index in [4.69, 9.17) is 4.98 Å². The van der Waals surface area contributed by atoms with Gasteiger partial charge in [-0.25, -0.2) is 4.98 Å². The van der Waals surface area contributed by atoms with Crippen molar-refractivity contribution in [2.45, 2.75) is 31.7 Å². The van der Waals surface area contributed by atoms with Gasteiger partial charge >= 0.3 is 0 Å². The molecule has 1 aliphatic carbocycles. The van der Waals surface area contributed by atoms with Crippen LogP contribution >= 0.6 is 0 Å². The molecule has 1 saturated carbocycles. The first-order chi connectivity index (χ1) is 10.8. The summed E-state index contributed by atoms with van der Waals surface area (Å²) in [6, 6.07) is 12.8. The Morgan fingerprint density at radius 3 is 2.86 bits per heavy atom. The summed E-state index contributed by atoms with van der Waals surface area (Å²) in [7, 11) is 0. The van der Waals surface area contributed by atoms with Crippen LogP contribution in [-0.4, -0.2) is 30.0 Å². The maximum absolute atomic E-state index is 12.3. The summed E-state index contributed by atoms with van der Waals surface area (Å²) in [5, 5.41) is 4.30. The highest BCUT2D eigenvalue weighted by atomic mass is 16.2. The van der Waals surface area contributed by atoms with Crippen LogP contribution in [0, 0.1) is 5.92 Å². The lowest BCUT2D eigenvalue weighted by Crippen LogP contribution is -2.43. The lowest BCUT2D eigenvalue weighted by atomic mass is 9.97. The molecule has 1 atom stereocenters. The highest BCUT2D eigenvalue weighted by Crippen LogP contribution is 2.25. The van der Waals surface area contributed by atoms with Gasteiger partial charge in [-0.15, -0.1) is 0 Å². The average molecular weight is 295 g/mol. The first kappa shape index (κ1) is 13.6.